The highest BCUT2D eigenvalue weighted by molar-refractivity contribution is 5.44. The lowest BCUT2D eigenvalue weighted by Gasteiger charge is -2.25. The molecule has 0 aliphatic carbocycles. The van der Waals surface area contributed by atoms with Crippen LogP contribution in [0.1, 0.15) is 31.7 Å². The van der Waals surface area contributed by atoms with Crippen LogP contribution in [0.3, 0.4) is 0 Å². The lowest BCUT2D eigenvalue weighted by atomic mass is 9.85. The molecule has 0 bridgehead atoms. The molecule has 0 aliphatic rings. The molecule has 0 spiro atoms. The summed E-state index contributed by atoms with van der Waals surface area (Å²) in [5, 5.41) is 3.47. The van der Waals surface area contributed by atoms with E-state index in [1.807, 2.05) is 6.07 Å². The molecule has 0 heterocycles. The van der Waals surface area contributed by atoms with Crippen LogP contribution >= 0.6 is 0 Å². The molecule has 0 aliphatic heterocycles. The fourth-order valence-corrected chi connectivity index (χ4v) is 2.45. The SMILES string of the molecule is CCC(C)C(CNCCOC)c1ccc(OC)c(OC)c1. The average molecular weight is 295 g/mol. The first-order valence-electron chi connectivity index (χ1n) is 7.59. The van der Waals surface area contributed by atoms with Crippen LogP contribution in [0.2, 0.25) is 0 Å². The van der Waals surface area contributed by atoms with Crippen LogP contribution in [-0.4, -0.2) is 41.0 Å². The highest BCUT2D eigenvalue weighted by Crippen LogP contribution is 2.34. The fourth-order valence-electron chi connectivity index (χ4n) is 2.45. The smallest absolute Gasteiger partial charge is 0.160 e. The summed E-state index contributed by atoms with van der Waals surface area (Å²) in [6.07, 6.45) is 1.14. The van der Waals surface area contributed by atoms with E-state index in [1.54, 1.807) is 21.3 Å². The van der Waals surface area contributed by atoms with Gasteiger partial charge in [0.25, 0.3) is 0 Å². The molecule has 2 atom stereocenters. The summed E-state index contributed by atoms with van der Waals surface area (Å²) in [5.74, 6) is 2.61. The van der Waals surface area contributed by atoms with E-state index in [0.717, 1.165) is 37.6 Å². The molecule has 1 N–H and O–H groups in total. The normalized spacial score (nSPS) is 13.8. The minimum Gasteiger partial charge on any atom is -0.493 e. The monoisotopic (exact) mass is 295 g/mol. The van der Waals surface area contributed by atoms with Gasteiger partial charge < -0.3 is 19.5 Å². The summed E-state index contributed by atoms with van der Waals surface area (Å²) in [5.41, 5.74) is 1.28. The Morgan fingerprint density at radius 1 is 1.10 bits per heavy atom. The molecule has 0 saturated carbocycles. The molecule has 0 aromatic heterocycles. The van der Waals surface area contributed by atoms with Gasteiger partial charge >= 0.3 is 0 Å². The lowest BCUT2D eigenvalue weighted by molar-refractivity contribution is 0.198. The van der Waals surface area contributed by atoms with Crippen molar-refractivity contribution in [1.82, 2.24) is 5.32 Å². The molecule has 0 radical (unpaired) electrons. The highest BCUT2D eigenvalue weighted by Gasteiger charge is 2.19. The molecule has 21 heavy (non-hydrogen) atoms. The topological polar surface area (TPSA) is 39.7 Å². The van der Waals surface area contributed by atoms with Gasteiger partial charge in [-0.25, -0.2) is 0 Å². The van der Waals surface area contributed by atoms with E-state index in [-0.39, 0.29) is 0 Å². The molecular weight excluding hydrogens is 266 g/mol. The Bertz CT molecular complexity index is 409. The Morgan fingerprint density at radius 2 is 1.81 bits per heavy atom. The number of methoxy groups -OCH3 is 3. The van der Waals surface area contributed by atoms with E-state index in [9.17, 15) is 0 Å². The van der Waals surface area contributed by atoms with Crippen LogP contribution in [-0.2, 0) is 4.74 Å². The molecule has 120 valence electrons. The van der Waals surface area contributed by atoms with Crippen molar-refractivity contribution in [1.29, 1.82) is 0 Å². The van der Waals surface area contributed by atoms with E-state index in [4.69, 9.17) is 14.2 Å². The maximum absolute atomic E-state index is 5.42. The minimum absolute atomic E-state index is 0.451. The zero-order chi connectivity index (χ0) is 15.7. The van der Waals surface area contributed by atoms with Gasteiger partial charge in [0, 0.05) is 20.2 Å². The second-order valence-corrected chi connectivity index (χ2v) is 5.30. The summed E-state index contributed by atoms with van der Waals surface area (Å²) in [6, 6.07) is 6.21. The average Bonchev–Trinajstić information content (AvgIpc) is 2.53. The standard InChI is InChI=1S/C17H29NO3/c1-6-13(2)15(12-18-9-10-19-3)14-7-8-16(20-4)17(11-14)21-5/h7-8,11,13,15,18H,6,9-10,12H2,1-5H3. The van der Waals surface area contributed by atoms with Crippen molar-refractivity contribution in [2.75, 3.05) is 41.0 Å². The van der Waals surface area contributed by atoms with Gasteiger partial charge in [0.1, 0.15) is 0 Å². The Kier molecular flexibility index (Phi) is 8.16. The molecule has 4 nitrogen and oxygen atoms in total. The van der Waals surface area contributed by atoms with Crippen LogP contribution in [0.25, 0.3) is 0 Å². The van der Waals surface area contributed by atoms with Crippen molar-refractivity contribution in [2.24, 2.45) is 5.92 Å². The summed E-state index contributed by atoms with van der Waals surface area (Å²) in [7, 11) is 5.06. The molecule has 4 heteroatoms. The van der Waals surface area contributed by atoms with E-state index in [1.165, 1.54) is 5.56 Å². The third kappa shape index (κ3) is 5.21. The van der Waals surface area contributed by atoms with Gasteiger partial charge in [-0.2, -0.15) is 0 Å². The number of hydrogen-bond donors (Lipinski definition) is 1. The van der Waals surface area contributed by atoms with Crippen LogP contribution in [0.15, 0.2) is 18.2 Å². The lowest BCUT2D eigenvalue weighted by Crippen LogP contribution is -2.28. The van der Waals surface area contributed by atoms with E-state index < -0.39 is 0 Å². The quantitative estimate of drug-likeness (QED) is 0.673. The Morgan fingerprint density at radius 3 is 2.38 bits per heavy atom. The van der Waals surface area contributed by atoms with E-state index in [0.29, 0.717) is 11.8 Å². The summed E-state index contributed by atoms with van der Waals surface area (Å²) >= 11 is 0. The van der Waals surface area contributed by atoms with Gasteiger partial charge in [-0.3, -0.25) is 0 Å². The van der Waals surface area contributed by atoms with Crippen molar-refractivity contribution < 1.29 is 14.2 Å². The van der Waals surface area contributed by atoms with Gasteiger partial charge in [0.05, 0.1) is 20.8 Å². The van der Waals surface area contributed by atoms with E-state index >= 15 is 0 Å². The second kappa shape index (κ2) is 9.64. The number of hydrogen-bond acceptors (Lipinski definition) is 4. The predicted molar refractivity (Wildman–Crippen MR) is 86.5 cm³/mol. The Balaban J connectivity index is 2.86. The Labute approximate surface area is 128 Å². The maximum atomic E-state index is 5.42. The largest absolute Gasteiger partial charge is 0.493 e. The summed E-state index contributed by atoms with van der Waals surface area (Å²) in [4.78, 5) is 0. The van der Waals surface area contributed by atoms with Gasteiger partial charge in [-0.1, -0.05) is 26.3 Å². The third-order valence-electron chi connectivity index (χ3n) is 4.01. The minimum atomic E-state index is 0.451. The Hall–Kier alpha value is -1.26. The van der Waals surface area contributed by atoms with Crippen molar-refractivity contribution in [3.05, 3.63) is 23.8 Å². The fraction of sp³-hybridized carbons (Fsp3) is 0.647. The van der Waals surface area contributed by atoms with Crippen LogP contribution in [0.5, 0.6) is 11.5 Å². The van der Waals surface area contributed by atoms with Gasteiger partial charge in [-0.15, -0.1) is 0 Å². The van der Waals surface area contributed by atoms with Gasteiger partial charge in [0.2, 0.25) is 0 Å². The van der Waals surface area contributed by atoms with Crippen molar-refractivity contribution in [3.8, 4) is 11.5 Å². The summed E-state index contributed by atoms with van der Waals surface area (Å²) in [6.45, 7) is 7.07. The third-order valence-corrected chi connectivity index (χ3v) is 4.01. The molecule has 1 aromatic carbocycles. The molecular formula is C17H29NO3. The second-order valence-electron chi connectivity index (χ2n) is 5.30. The van der Waals surface area contributed by atoms with Crippen LogP contribution in [0, 0.1) is 5.92 Å². The molecule has 0 saturated heterocycles. The van der Waals surface area contributed by atoms with E-state index in [2.05, 4.69) is 31.3 Å². The maximum Gasteiger partial charge on any atom is 0.160 e. The first-order chi connectivity index (χ1) is 10.2. The van der Waals surface area contributed by atoms with Crippen molar-refractivity contribution in [3.63, 3.8) is 0 Å². The van der Waals surface area contributed by atoms with Crippen LogP contribution in [0.4, 0.5) is 0 Å². The zero-order valence-electron chi connectivity index (χ0n) is 13.9. The first-order valence-corrected chi connectivity index (χ1v) is 7.59. The highest BCUT2D eigenvalue weighted by atomic mass is 16.5. The van der Waals surface area contributed by atoms with Gasteiger partial charge in [-0.05, 0) is 29.5 Å². The number of ether oxygens (including phenoxy) is 3. The molecule has 1 aromatic rings. The predicted octanol–water partition coefficient (Wildman–Crippen LogP) is 3.07. The number of benzene rings is 1. The number of nitrogens with one attached hydrogen (secondary N) is 1. The number of rotatable bonds is 10. The molecule has 0 amide bonds. The van der Waals surface area contributed by atoms with Gasteiger partial charge in [0.15, 0.2) is 11.5 Å². The first kappa shape index (κ1) is 17.8. The molecule has 2 unspecified atom stereocenters. The zero-order valence-corrected chi connectivity index (χ0v) is 13.9. The van der Waals surface area contributed by atoms with Crippen LogP contribution < -0.4 is 14.8 Å². The molecule has 0 fully saturated rings. The summed E-state index contributed by atoms with van der Waals surface area (Å²) < 4.78 is 15.8. The van der Waals surface area contributed by atoms with Crippen molar-refractivity contribution in [2.45, 2.75) is 26.2 Å². The van der Waals surface area contributed by atoms with Crippen molar-refractivity contribution >= 4 is 0 Å². The molecule has 1 rings (SSSR count).